The Bertz CT molecular complexity index is 1190. The van der Waals surface area contributed by atoms with Crippen molar-refractivity contribution in [1.29, 1.82) is 0 Å². The zero-order chi connectivity index (χ0) is 21.8. The summed E-state index contributed by atoms with van der Waals surface area (Å²) in [7, 11) is 0. The third-order valence-corrected chi connectivity index (χ3v) is 5.12. The van der Waals surface area contributed by atoms with Crippen molar-refractivity contribution < 1.29 is 18.3 Å². The zero-order valence-corrected chi connectivity index (χ0v) is 18.4. The summed E-state index contributed by atoms with van der Waals surface area (Å²) in [4.78, 5) is 12.5. The molecule has 2 aromatic heterocycles. The van der Waals surface area contributed by atoms with E-state index in [1.807, 2.05) is 24.3 Å². The van der Waals surface area contributed by atoms with Crippen LogP contribution in [0.1, 0.15) is 21.9 Å². The maximum Gasteiger partial charge on any atom is 0.292 e. The normalized spacial score (nSPS) is 10.8. The van der Waals surface area contributed by atoms with E-state index in [0.29, 0.717) is 33.4 Å². The minimum Gasteiger partial charge on any atom is -0.486 e. The zero-order valence-electron chi connectivity index (χ0n) is 16.0. The number of carbonyl (C=O) groups excluding carboxylic acids is 1. The SMILES string of the molecule is O=C(Nc1nn(Cc2ccc(Cl)cc2)cc1Br)c1ccc(COc2ccc(F)cc2)o1. The summed E-state index contributed by atoms with van der Waals surface area (Å²) in [5.41, 5.74) is 1.02. The first-order chi connectivity index (χ1) is 15.0. The van der Waals surface area contributed by atoms with Crippen LogP contribution in [0.3, 0.4) is 0 Å². The van der Waals surface area contributed by atoms with E-state index in [4.69, 9.17) is 20.8 Å². The third-order valence-electron chi connectivity index (χ3n) is 4.29. The Morgan fingerprint density at radius 3 is 2.61 bits per heavy atom. The van der Waals surface area contributed by atoms with Gasteiger partial charge in [-0.25, -0.2) is 4.39 Å². The molecule has 0 aliphatic carbocycles. The van der Waals surface area contributed by atoms with Crippen molar-refractivity contribution in [2.24, 2.45) is 0 Å². The van der Waals surface area contributed by atoms with E-state index in [1.165, 1.54) is 24.3 Å². The quantitative estimate of drug-likeness (QED) is 0.340. The second-order valence-electron chi connectivity index (χ2n) is 6.61. The number of aromatic nitrogens is 2. The molecule has 0 saturated carbocycles. The van der Waals surface area contributed by atoms with Crippen molar-refractivity contribution in [2.75, 3.05) is 5.32 Å². The first kappa shape index (κ1) is 21.1. The van der Waals surface area contributed by atoms with Crippen molar-refractivity contribution in [3.05, 3.63) is 99.3 Å². The first-order valence-electron chi connectivity index (χ1n) is 9.22. The number of nitrogens with one attached hydrogen (secondary N) is 1. The minimum atomic E-state index is -0.439. The number of carbonyl (C=O) groups is 1. The monoisotopic (exact) mass is 503 g/mol. The number of nitrogens with zero attached hydrogens (tertiary/aromatic N) is 2. The number of ether oxygens (including phenoxy) is 1. The predicted molar refractivity (Wildman–Crippen MR) is 118 cm³/mol. The number of halogens is 3. The number of anilines is 1. The average Bonchev–Trinajstić information content (AvgIpc) is 3.36. The fraction of sp³-hybridized carbons (Fsp3) is 0.0909. The minimum absolute atomic E-state index is 0.109. The Morgan fingerprint density at radius 2 is 1.87 bits per heavy atom. The molecule has 2 heterocycles. The molecule has 2 aromatic carbocycles. The molecule has 158 valence electrons. The molecule has 0 radical (unpaired) electrons. The van der Waals surface area contributed by atoms with E-state index >= 15 is 0 Å². The van der Waals surface area contributed by atoms with Gasteiger partial charge in [0, 0.05) is 11.2 Å². The molecule has 0 aliphatic heterocycles. The molecular weight excluding hydrogens is 489 g/mol. The lowest BCUT2D eigenvalue weighted by molar-refractivity contribution is 0.0992. The highest BCUT2D eigenvalue weighted by Gasteiger charge is 2.16. The Morgan fingerprint density at radius 1 is 1.13 bits per heavy atom. The summed E-state index contributed by atoms with van der Waals surface area (Å²) in [5.74, 6) is 0.675. The molecule has 0 bridgehead atoms. The summed E-state index contributed by atoms with van der Waals surface area (Å²) in [5, 5.41) is 7.78. The van der Waals surface area contributed by atoms with Crippen LogP contribution in [-0.4, -0.2) is 15.7 Å². The summed E-state index contributed by atoms with van der Waals surface area (Å²) in [6.07, 6.45) is 1.77. The number of furan rings is 1. The molecule has 4 aromatic rings. The molecule has 31 heavy (non-hydrogen) atoms. The Labute approximate surface area is 190 Å². The maximum absolute atomic E-state index is 12.9. The third kappa shape index (κ3) is 5.53. The molecule has 6 nitrogen and oxygen atoms in total. The van der Waals surface area contributed by atoms with Crippen LogP contribution >= 0.6 is 27.5 Å². The topological polar surface area (TPSA) is 69.3 Å². The van der Waals surface area contributed by atoms with Crippen molar-refractivity contribution in [3.8, 4) is 5.75 Å². The van der Waals surface area contributed by atoms with E-state index in [-0.39, 0.29) is 18.2 Å². The Balaban J connectivity index is 1.36. The van der Waals surface area contributed by atoms with Gasteiger partial charge < -0.3 is 14.5 Å². The largest absolute Gasteiger partial charge is 0.486 e. The smallest absolute Gasteiger partial charge is 0.292 e. The molecule has 0 atom stereocenters. The van der Waals surface area contributed by atoms with Crippen LogP contribution in [0.15, 0.2) is 75.8 Å². The standard InChI is InChI=1S/C22H16BrClFN3O3/c23-19-12-28(11-14-1-3-15(24)4-2-14)27-21(19)26-22(29)20-10-9-18(31-20)13-30-17-7-5-16(25)6-8-17/h1-10,12H,11,13H2,(H,26,27,29). The molecule has 0 aliphatic rings. The lowest BCUT2D eigenvalue weighted by atomic mass is 10.2. The second-order valence-corrected chi connectivity index (χ2v) is 7.90. The van der Waals surface area contributed by atoms with Gasteiger partial charge in [-0.05, 0) is 70.0 Å². The van der Waals surface area contributed by atoms with Gasteiger partial charge in [-0.3, -0.25) is 9.48 Å². The van der Waals surface area contributed by atoms with Gasteiger partial charge in [0.1, 0.15) is 23.9 Å². The molecule has 4 rings (SSSR count). The van der Waals surface area contributed by atoms with Gasteiger partial charge in [-0.1, -0.05) is 23.7 Å². The van der Waals surface area contributed by atoms with Gasteiger partial charge in [0.2, 0.25) is 0 Å². The molecule has 0 saturated heterocycles. The summed E-state index contributed by atoms with van der Waals surface area (Å²) in [6.45, 7) is 0.635. The van der Waals surface area contributed by atoms with Crippen LogP contribution in [0.25, 0.3) is 0 Å². The van der Waals surface area contributed by atoms with E-state index in [0.717, 1.165) is 5.56 Å². The molecule has 0 unspecified atom stereocenters. The molecular formula is C22H16BrClFN3O3. The van der Waals surface area contributed by atoms with Crippen molar-refractivity contribution in [3.63, 3.8) is 0 Å². The highest BCUT2D eigenvalue weighted by Crippen LogP contribution is 2.22. The van der Waals surface area contributed by atoms with Crippen molar-refractivity contribution in [1.82, 2.24) is 9.78 Å². The van der Waals surface area contributed by atoms with E-state index in [2.05, 4.69) is 26.3 Å². The number of hydrogen-bond donors (Lipinski definition) is 1. The number of benzene rings is 2. The van der Waals surface area contributed by atoms with E-state index in [1.54, 1.807) is 23.0 Å². The lowest BCUT2D eigenvalue weighted by Crippen LogP contribution is -2.12. The predicted octanol–water partition coefficient (Wildman–Crippen LogP) is 5.91. The summed E-state index contributed by atoms with van der Waals surface area (Å²) >= 11 is 9.32. The van der Waals surface area contributed by atoms with Gasteiger partial charge >= 0.3 is 0 Å². The molecule has 0 fully saturated rings. The van der Waals surface area contributed by atoms with Crippen LogP contribution in [-0.2, 0) is 13.2 Å². The summed E-state index contributed by atoms with van der Waals surface area (Å²) in [6, 6.07) is 16.3. The number of hydrogen-bond acceptors (Lipinski definition) is 4. The van der Waals surface area contributed by atoms with Gasteiger partial charge in [0.15, 0.2) is 11.6 Å². The number of amides is 1. The van der Waals surface area contributed by atoms with Crippen molar-refractivity contribution in [2.45, 2.75) is 13.2 Å². The maximum atomic E-state index is 12.9. The Kier molecular flexibility index (Phi) is 6.39. The van der Waals surface area contributed by atoms with E-state index < -0.39 is 5.91 Å². The summed E-state index contributed by atoms with van der Waals surface area (Å²) < 4.78 is 26.3. The highest BCUT2D eigenvalue weighted by atomic mass is 79.9. The molecule has 0 spiro atoms. The highest BCUT2D eigenvalue weighted by molar-refractivity contribution is 9.10. The Hall–Kier alpha value is -3.10. The van der Waals surface area contributed by atoms with Crippen LogP contribution in [0.4, 0.5) is 10.2 Å². The lowest BCUT2D eigenvalue weighted by Gasteiger charge is -2.04. The fourth-order valence-corrected chi connectivity index (χ4v) is 3.31. The molecule has 1 N–H and O–H groups in total. The van der Waals surface area contributed by atoms with Crippen LogP contribution in [0, 0.1) is 5.82 Å². The van der Waals surface area contributed by atoms with Crippen LogP contribution < -0.4 is 10.1 Å². The van der Waals surface area contributed by atoms with Gasteiger partial charge in [0.25, 0.3) is 5.91 Å². The van der Waals surface area contributed by atoms with Gasteiger partial charge in [-0.2, -0.15) is 5.10 Å². The van der Waals surface area contributed by atoms with Gasteiger partial charge in [0.05, 0.1) is 11.0 Å². The van der Waals surface area contributed by atoms with Gasteiger partial charge in [-0.15, -0.1) is 0 Å². The van der Waals surface area contributed by atoms with E-state index in [9.17, 15) is 9.18 Å². The fourth-order valence-electron chi connectivity index (χ4n) is 2.77. The van der Waals surface area contributed by atoms with Crippen LogP contribution in [0.2, 0.25) is 5.02 Å². The van der Waals surface area contributed by atoms with Crippen LogP contribution in [0.5, 0.6) is 5.75 Å². The second kappa shape index (κ2) is 9.36. The average molecular weight is 505 g/mol. The molecule has 1 amide bonds. The first-order valence-corrected chi connectivity index (χ1v) is 10.4. The molecule has 9 heteroatoms. The number of rotatable bonds is 7. The van der Waals surface area contributed by atoms with Crippen molar-refractivity contribution >= 4 is 39.3 Å².